The van der Waals surface area contributed by atoms with Crippen LogP contribution in [-0.4, -0.2) is 34.6 Å². The summed E-state index contributed by atoms with van der Waals surface area (Å²) in [7, 11) is 0. The Balaban J connectivity index is 2.47. The summed E-state index contributed by atoms with van der Waals surface area (Å²) >= 11 is 0. The van der Waals surface area contributed by atoms with Crippen LogP contribution >= 0.6 is 0 Å². The molecule has 0 aromatic carbocycles. The number of hydrogen-bond donors (Lipinski definition) is 1. The Morgan fingerprint density at radius 3 is 2.71 bits per heavy atom. The first-order valence-electron chi connectivity index (χ1n) is 5.47. The third-order valence-corrected chi connectivity index (χ3v) is 2.91. The van der Waals surface area contributed by atoms with E-state index in [1.807, 2.05) is 6.92 Å². The number of β-amino-alcohol motifs (C(OH)–C–C–N with tert-alkyl or cyclic N) is 1. The second-order valence-electron chi connectivity index (χ2n) is 4.70. The fourth-order valence-electron chi connectivity index (χ4n) is 2.00. The number of carbonyl (C=O) groups excluding carboxylic acids is 1. The largest absolute Gasteiger partial charge is 0.388 e. The van der Waals surface area contributed by atoms with E-state index in [1.54, 1.807) is 11.8 Å². The third kappa shape index (κ3) is 2.71. The van der Waals surface area contributed by atoms with Gasteiger partial charge < -0.3 is 10.0 Å². The first-order valence-corrected chi connectivity index (χ1v) is 5.47. The van der Waals surface area contributed by atoms with E-state index in [0.717, 1.165) is 12.8 Å². The molecule has 0 aromatic rings. The molecule has 1 heterocycles. The van der Waals surface area contributed by atoms with Gasteiger partial charge in [-0.1, -0.05) is 20.3 Å². The highest BCUT2D eigenvalue weighted by Crippen LogP contribution is 2.22. The molecule has 0 radical (unpaired) electrons. The minimum Gasteiger partial charge on any atom is -0.388 e. The highest BCUT2D eigenvalue weighted by atomic mass is 16.3. The standard InChI is InChI=1S/C11H21NO2/c1-4-5-9(2)10(13)12-7-6-11(3,14)8-12/h9,14H,4-8H2,1-3H3. The normalized spacial score (nSPS) is 29.3. The van der Waals surface area contributed by atoms with Crippen LogP contribution in [0.3, 0.4) is 0 Å². The maximum absolute atomic E-state index is 11.8. The second-order valence-corrected chi connectivity index (χ2v) is 4.70. The zero-order chi connectivity index (χ0) is 10.8. The van der Waals surface area contributed by atoms with Crippen molar-refractivity contribution in [3.05, 3.63) is 0 Å². The number of amides is 1. The van der Waals surface area contributed by atoms with Crippen molar-refractivity contribution in [1.29, 1.82) is 0 Å². The Morgan fingerprint density at radius 1 is 1.64 bits per heavy atom. The first-order chi connectivity index (χ1) is 6.46. The Kier molecular flexibility index (Phi) is 3.53. The van der Waals surface area contributed by atoms with Crippen LogP contribution in [0.4, 0.5) is 0 Å². The van der Waals surface area contributed by atoms with Crippen molar-refractivity contribution in [2.75, 3.05) is 13.1 Å². The van der Waals surface area contributed by atoms with Crippen LogP contribution in [-0.2, 0) is 4.79 Å². The second kappa shape index (κ2) is 4.30. The van der Waals surface area contributed by atoms with Gasteiger partial charge in [-0.3, -0.25) is 4.79 Å². The SMILES string of the molecule is CCCC(C)C(=O)N1CCC(C)(O)C1. The molecule has 0 aliphatic carbocycles. The van der Waals surface area contributed by atoms with Crippen LogP contribution in [0.15, 0.2) is 0 Å². The lowest BCUT2D eigenvalue weighted by Gasteiger charge is -2.22. The van der Waals surface area contributed by atoms with Crippen molar-refractivity contribution in [2.24, 2.45) is 5.92 Å². The number of hydrogen-bond acceptors (Lipinski definition) is 2. The summed E-state index contributed by atoms with van der Waals surface area (Å²) in [4.78, 5) is 13.6. The van der Waals surface area contributed by atoms with E-state index in [2.05, 4.69) is 6.92 Å². The zero-order valence-electron chi connectivity index (χ0n) is 9.42. The van der Waals surface area contributed by atoms with Gasteiger partial charge in [0.05, 0.1) is 5.60 Å². The van der Waals surface area contributed by atoms with Gasteiger partial charge in [0.2, 0.25) is 5.91 Å². The molecule has 2 unspecified atom stereocenters. The van der Waals surface area contributed by atoms with Crippen LogP contribution in [0.25, 0.3) is 0 Å². The summed E-state index contributed by atoms with van der Waals surface area (Å²) in [6, 6.07) is 0. The lowest BCUT2D eigenvalue weighted by molar-refractivity contribution is -0.135. The van der Waals surface area contributed by atoms with Crippen molar-refractivity contribution < 1.29 is 9.90 Å². The first kappa shape index (κ1) is 11.5. The lowest BCUT2D eigenvalue weighted by Crippen LogP contribution is -2.36. The quantitative estimate of drug-likeness (QED) is 0.746. The Bertz CT molecular complexity index is 213. The van der Waals surface area contributed by atoms with Crippen LogP contribution in [0.1, 0.15) is 40.0 Å². The molecule has 82 valence electrons. The average molecular weight is 199 g/mol. The fraction of sp³-hybridized carbons (Fsp3) is 0.909. The number of rotatable bonds is 3. The predicted octanol–water partition coefficient (Wildman–Crippen LogP) is 1.41. The van der Waals surface area contributed by atoms with Gasteiger partial charge in [0, 0.05) is 19.0 Å². The predicted molar refractivity (Wildman–Crippen MR) is 55.9 cm³/mol. The van der Waals surface area contributed by atoms with Gasteiger partial charge in [0.1, 0.15) is 0 Å². The molecule has 1 fully saturated rings. The van der Waals surface area contributed by atoms with Gasteiger partial charge in [-0.2, -0.15) is 0 Å². The van der Waals surface area contributed by atoms with Crippen molar-refractivity contribution >= 4 is 5.91 Å². The number of nitrogens with zero attached hydrogens (tertiary/aromatic N) is 1. The van der Waals surface area contributed by atoms with E-state index >= 15 is 0 Å². The summed E-state index contributed by atoms with van der Waals surface area (Å²) in [5, 5.41) is 9.73. The molecule has 1 aliphatic rings. The lowest BCUT2D eigenvalue weighted by atomic mass is 10.0. The number of likely N-dealkylation sites (tertiary alicyclic amines) is 1. The van der Waals surface area contributed by atoms with Crippen LogP contribution in [0.5, 0.6) is 0 Å². The zero-order valence-corrected chi connectivity index (χ0v) is 9.42. The summed E-state index contributed by atoms with van der Waals surface area (Å²) < 4.78 is 0. The summed E-state index contributed by atoms with van der Waals surface area (Å²) in [5.74, 6) is 0.304. The topological polar surface area (TPSA) is 40.5 Å². The molecule has 1 saturated heterocycles. The van der Waals surface area contributed by atoms with Crippen molar-refractivity contribution in [1.82, 2.24) is 4.90 Å². The van der Waals surface area contributed by atoms with E-state index in [4.69, 9.17) is 0 Å². The minimum absolute atomic E-state index is 0.105. The van der Waals surface area contributed by atoms with E-state index in [1.165, 1.54) is 0 Å². The molecule has 0 spiro atoms. The molecule has 3 nitrogen and oxygen atoms in total. The highest BCUT2D eigenvalue weighted by molar-refractivity contribution is 5.78. The van der Waals surface area contributed by atoms with Crippen LogP contribution < -0.4 is 0 Å². The van der Waals surface area contributed by atoms with Gasteiger partial charge >= 0.3 is 0 Å². The molecule has 1 rings (SSSR count). The van der Waals surface area contributed by atoms with Crippen molar-refractivity contribution in [3.63, 3.8) is 0 Å². The van der Waals surface area contributed by atoms with Gasteiger partial charge in [-0.05, 0) is 19.8 Å². The average Bonchev–Trinajstić information content (AvgIpc) is 2.45. The van der Waals surface area contributed by atoms with Gasteiger partial charge in [0.25, 0.3) is 0 Å². The molecule has 2 atom stereocenters. The summed E-state index contributed by atoms with van der Waals surface area (Å²) in [6.07, 6.45) is 2.69. The monoisotopic (exact) mass is 199 g/mol. The minimum atomic E-state index is -0.665. The molecular weight excluding hydrogens is 178 g/mol. The van der Waals surface area contributed by atoms with E-state index < -0.39 is 5.60 Å². The molecular formula is C11H21NO2. The molecule has 0 bridgehead atoms. The molecule has 1 amide bonds. The molecule has 3 heteroatoms. The van der Waals surface area contributed by atoms with E-state index in [0.29, 0.717) is 19.5 Å². The van der Waals surface area contributed by atoms with Crippen molar-refractivity contribution in [2.45, 2.75) is 45.6 Å². The van der Waals surface area contributed by atoms with Gasteiger partial charge in [-0.25, -0.2) is 0 Å². The van der Waals surface area contributed by atoms with Gasteiger partial charge in [-0.15, -0.1) is 0 Å². The highest BCUT2D eigenvalue weighted by Gasteiger charge is 2.35. The summed E-state index contributed by atoms with van der Waals surface area (Å²) in [6.45, 7) is 7.06. The molecule has 1 N–H and O–H groups in total. The smallest absolute Gasteiger partial charge is 0.225 e. The summed E-state index contributed by atoms with van der Waals surface area (Å²) in [5.41, 5.74) is -0.665. The third-order valence-electron chi connectivity index (χ3n) is 2.91. The Hall–Kier alpha value is -0.570. The molecule has 1 aliphatic heterocycles. The Labute approximate surface area is 86.1 Å². The maximum atomic E-state index is 11.8. The molecule has 14 heavy (non-hydrogen) atoms. The fourth-order valence-corrected chi connectivity index (χ4v) is 2.00. The maximum Gasteiger partial charge on any atom is 0.225 e. The van der Waals surface area contributed by atoms with Gasteiger partial charge in [0.15, 0.2) is 0 Å². The number of aliphatic hydroxyl groups is 1. The van der Waals surface area contributed by atoms with E-state index in [9.17, 15) is 9.90 Å². The van der Waals surface area contributed by atoms with Crippen molar-refractivity contribution in [3.8, 4) is 0 Å². The Morgan fingerprint density at radius 2 is 2.29 bits per heavy atom. The number of carbonyl (C=O) groups is 1. The van der Waals surface area contributed by atoms with E-state index in [-0.39, 0.29) is 11.8 Å². The molecule has 0 aromatic heterocycles. The van der Waals surface area contributed by atoms with Crippen LogP contribution in [0, 0.1) is 5.92 Å². The van der Waals surface area contributed by atoms with Crippen LogP contribution in [0.2, 0.25) is 0 Å². The molecule has 0 saturated carbocycles.